The summed E-state index contributed by atoms with van der Waals surface area (Å²) in [5.41, 5.74) is 1.36. The quantitative estimate of drug-likeness (QED) is 0.878. The second kappa shape index (κ2) is 5.93. The predicted octanol–water partition coefficient (Wildman–Crippen LogP) is 2.24. The van der Waals surface area contributed by atoms with Gasteiger partial charge in [0.05, 0.1) is 6.61 Å². The summed E-state index contributed by atoms with van der Waals surface area (Å²) in [6.45, 7) is 7.87. The van der Waals surface area contributed by atoms with Gasteiger partial charge in [-0.25, -0.2) is 0 Å². The zero-order valence-corrected chi connectivity index (χ0v) is 11.8. The van der Waals surface area contributed by atoms with E-state index >= 15 is 0 Å². The van der Waals surface area contributed by atoms with E-state index in [4.69, 9.17) is 4.74 Å². The topological polar surface area (TPSA) is 24.5 Å². The second-order valence-electron chi connectivity index (χ2n) is 5.86. The van der Waals surface area contributed by atoms with Crippen LogP contribution in [0.25, 0.3) is 0 Å². The first-order chi connectivity index (χ1) is 9.33. The molecule has 19 heavy (non-hydrogen) atoms. The fourth-order valence-electron chi connectivity index (χ4n) is 3.16. The first-order valence-electron chi connectivity index (χ1n) is 7.50. The van der Waals surface area contributed by atoms with Crippen LogP contribution < -0.4 is 10.1 Å². The summed E-state index contributed by atoms with van der Waals surface area (Å²) in [5, 5.41) is 3.67. The number of rotatable bonds is 5. The van der Waals surface area contributed by atoms with Crippen LogP contribution in [0.15, 0.2) is 24.3 Å². The molecule has 0 bridgehead atoms. The Morgan fingerprint density at radius 2 is 2.11 bits per heavy atom. The number of likely N-dealkylation sites (tertiary alicyclic amines) is 1. The Bertz CT molecular complexity index is 415. The molecule has 1 fully saturated rings. The Kier molecular flexibility index (Phi) is 4.04. The third-order valence-electron chi connectivity index (χ3n) is 4.24. The van der Waals surface area contributed by atoms with Gasteiger partial charge >= 0.3 is 0 Å². The molecule has 2 aliphatic heterocycles. The van der Waals surface area contributed by atoms with Crippen molar-refractivity contribution < 1.29 is 4.74 Å². The van der Waals surface area contributed by atoms with Crippen molar-refractivity contribution in [2.75, 3.05) is 32.8 Å². The van der Waals surface area contributed by atoms with Crippen LogP contribution in [0, 0.1) is 0 Å². The van der Waals surface area contributed by atoms with E-state index in [9.17, 15) is 0 Å². The summed E-state index contributed by atoms with van der Waals surface area (Å²) < 4.78 is 5.73. The maximum atomic E-state index is 5.73. The van der Waals surface area contributed by atoms with Crippen LogP contribution in [0.3, 0.4) is 0 Å². The summed E-state index contributed by atoms with van der Waals surface area (Å²) in [7, 11) is 0. The van der Waals surface area contributed by atoms with E-state index in [0.29, 0.717) is 12.0 Å². The Morgan fingerprint density at radius 1 is 1.32 bits per heavy atom. The lowest BCUT2D eigenvalue weighted by Crippen LogP contribution is -2.39. The minimum Gasteiger partial charge on any atom is -0.493 e. The molecule has 1 aromatic carbocycles. The van der Waals surface area contributed by atoms with Gasteiger partial charge in [-0.05, 0) is 38.9 Å². The highest BCUT2D eigenvalue weighted by Gasteiger charge is 2.24. The van der Waals surface area contributed by atoms with Gasteiger partial charge in [0.2, 0.25) is 0 Å². The molecule has 0 spiro atoms. The monoisotopic (exact) mass is 260 g/mol. The van der Waals surface area contributed by atoms with Gasteiger partial charge in [-0.3, -0.25) is 0 Å². The molecule has 0 amide bonds. The molecule has 1 N–H and O–H groups in total. The van der Waals surface area contributed by atoms with Crippen molar-refractivity contribution in [2.45, 2.75) is 31.7 Å². The van der Waals surface area contributed by atoms with Gasteiger partial charge in [0.1, 0.15) is 5.75 Å². The van der Waals surface area contributed by atoms with Gasteiger partial charge in [0, 0.05) is 30.6 Å². The van der Waals surface area contributed by atoms with Crippen LogP contribution in [-0.4, -0.2) is 43.7 Å². The smallest absolute Gasteiger partial charge is 0.122 e. The molecule has 104 valence electrons. The van der Waals surface area contributed by atoms with Gasteiger partial charge in [-0.2, -0.15) is 0 Å². The molecule has 0 aromatic heterocycles. The number of hydrogen-bond donors (Lipinski definition) is 1. The number of hydrogen-bond acceptors (Lipinski definition) is 3. The highest BCUT2D eigenvalue weighted by Crippen LogP contribution is 2.32. The van der Waals surface area contributed by atoms with Crippen molar-refractivity contribution in [2.24, 2.45) is 0 Å². The lowest BCUT2D eigenvalue weighted by Gasteiger charge is -2.22. The molecule has 1 saturated heterocycles. The van der Waals surface area contributed by atoms with E-state index in [-0.39, 0.29) is 0 Å². The van der Waals surface area contributed by atoms with Crippen LogP contribution >= 0.6 is 0 Å². The Hall–Kier alpha value is -1.06. The fourth-order valence-corrected chi connectivity index (χ4v) is 3.16. The fraction of sp³-hybridized carbons (Fsp3) is 0.625. The molecule has 2 atom stereocenters. The average molecular weight is 260 g/mol. The van der Waals surface area contributed by atoms with Gasteiger partial charge in [-0.1, -0.05) is 18.2 Å². The molecule has 3 rings (SSSR count). The minimum atomic E-state index is 0.511. The number of fused-ring (bicyclic) bond motifs is 1. The highest BCUT2D eigenvalue weighted by atomic mass is 16.5. The summed E-state index contributed by atoms with van der Waals surface area (Å²) >= 11 is 0. The first-order valence-corrected chi connectivity index (χ1v) is 7.50. The Morgan fingerprint density at radius 3 is 2.95 bits per heavy atom. The molecule has 3 heteroatoms. The lowest BCUT2D eigenvalue weighted by molar-refractivity contribution is 0.286. The molecule has 2 aliphatic rings. The second-order valence-corrected chi connectivity index (χ2v) is 5.86. The van der Waals surface area contributed by atoms with Crippen LogP contribution in [0.5, 0.6) is 5.75 Å². The molecule has 3 nitrogen and oxygen atoms in total. The third kappa shape index (κ3) is 3.10. The van der Waals surface area contributed by atoms with Gasteiger partial charge in [-0.15, -0.1) is 0 Å². The number of para-hydroxylation sites is 1. The van der Waals surface area contributed by atoms with Crippen molar-refractivity contribution in [1.29, 1.82) is 0 Å². The number of nitrogens with zero attached hydrogens (tertiary/aromatic N) is 1. The van der Waals surface area contributed by atoms with Gasteiger partial charge in [0.15, 0.2) is 0 Å². The average Bonchev–Trinajstić information content (AvgIpc) is 3.05. The van der Waals surface area contributed by atoms with Crippen molar-refractivity contribution >= 4 is 0 Å². The van der Waals surface area contributed by atoms with Gasteiger partial charge < -0.3 is 15.0 Å². The maximum Gasteiger partial charge on any atom is 0.122 e. The minimum absolute atomic E-state index is 0.511. The van der Waals surface area contributed by atoms with E-state index in [2.05, 4.69) is 35.3 Å². The molecule has 0 aliphatic carbocycles. The molecular weight excluding hydrogens is 236 g/mol. The van der Waals surface area contributed by atoms with Crippen molar-refractivity contribution in [1.82, 2.24) is 10.2 Å². The predicted molar refractivity (Wildman–Crippen MR) is 77.8 cm³/mol. The summed E-state index contributed by atoms with van der Waals surface area (Å²) in [4.78, 5) is 2.57. The van der Waals surface area contributed by atoms with E-state index in [1.54, 1.807) is 0 Å². The molecular formula is C16H24N2O. The molecule has 1 aromatic rings. The highest BCUT2D eigenvalue weighted by molar-refractivity contribution is 5.39. The van der Waals surface area contributed by atoms with E-state index in [1.807, 2.05) is 6.07 Å². The lowest BCUT2D eigenvalue weighted by atomic mass is 10.0. The van der Waals surface area contributed by atoms with Crippen LogP contribution in [0.1, 0.15) is 31.2 Å². The normalized spacial score (nSPS) is 24.2. The molecule has 0 saturated carbocycles. The Balaban J connectivity index is 1.47. The molecule has 2 unspecified atom stereocenters. The van der Waals surface area contributed by atoms with E-state index in [0.717, 1.165) is 18.9 Å². The zero-order valence-electron chi connectivity index (χ0n) is 11.8. The standard InChI is InChI=1S/C16H24N2O/c1-13(11-18-8-4-5-9-18)17-10-14-12-19-16-7-3-2-6-15(14)16/h2-3,6-7,13-14,17H,4-5,8-12H2,1H3. The van der Waals surface area contributed by atoms with Crippen LogP contribution in [0.2, 0.25) is 0 Å². The first kappa shape index (κ1) is 12.9. The van der Waals surface area contributed by atoms with Crippen molar-refractivity contribution in [3.05, 3.63) is 29.8 Å². The molecule has 2 heterocycles. The summed E-state index contributed by atoms with van der Waals surface area (Å²) in [6.07, 6.45) is 2.74. The van der Waals surface area contributed by atoms with Crippen molar-refractivity contribution in [3.63, 3.8) is 0 Å². The maximum absolute atomic E-state index is 5.73. The largest absolute Gasteiger partial charge is 0.493 e. The summed E-state index contributed by atoms with van der Waals surface area (Å²) in [5.74, 6) is 1.58. The Labute approximate surface area is 115 Å². The molecule has 0 radical (unpaired) electrons. The van der Waals surface area contributed by atoms with E-state index in [1.165, 1.54) is 38.0 Å². The summed E-state index contributed by atoms with van der Waals surface area (Å²) in [6, 6.07) is 8.98. The van der Waals surface area contributed by atoms with Crippen LogP contribution in [0.4, 0.5) is 0 Å². The number of ether oxygens (including phenoxy) is 1. The van der Waals surface area contributed by atoms with Crippen LogP contribution in [-0.2, 0) is 0 Å². The van der Waals surface area contributed by atoms with Gasteiger partial charge in [0.25, 0.3) is 0 Å². The number of nitrogens with one attached hydrogen (secondary N) is 1. The third-order valence-corrected chi connectivity index (χ3v) is 4.24. The SMILES string of the molecule is CC(CN1CCCC1)NCC1COc2ccccc21. The zero-order chi connectivity index (χ0) is 13.1. The van der Waals surface area contributed by atoms with Crippen molar-refractivity contribution in [3.8, 4) is 5.75 Å². The van der Waals surface area contributed by atoms with E-state index < -0.39 is 0 Å². The number of benzene rings is 1.